The van der Waals surface area contributed by atoms with Crippen LogP contribution in [0.2, 0.25) is 0 Å². The van der Waals surface area contributed by atoms with Crippen LogP contribution in [-0.2, 0) is 6.42 Å². The van der Waals surface area contributed by atoms with E-state index in [9.17, 15) is 0 Å². The minimum atomic E-state index is 0.905. The molecule has 0 saturated carbocycles. The molecule has 0 aliphatic heterocycles. The summed E-state index contributed by atoms with van der Waals surface area (Å²) in [6.07, 6.45) is 1.04. The Balaban J connectivity index is 2.64. The summed E-state index contributed by atoms with van der Waals surface area (Å²) in [4.78, 5) is 3.38. The van der Waals surface area contributed by atoms with E-state index in [2.05, 4.69) is 48.8 Å². The van der Waals surface area contributed by atoms with Crippen LogP contribution in [0.1, 0.15) is 11.3 Å². The Kier molecular flexibility index (Phi) is 2.32. The van der Waals surface area contributed by atoms with Crippen molar-refractivity contribution in [1.29, 1.82) is 0 Å². The van der Waals surface area contributed by atoms with Crippen molar-refractivity contribution >= 4 is 23.5 Å². The van der Waals surface area contributed by atoms with Gasteiger partial charge in [-0.1, -0.05) is 18.2 Å². The normalized spacial score (nSPS) is 10.9. The van der Waals surface area contributed by atoms with Crippen LogP contribution in [0.4, 0.5) is 0 Å². The fourth-order valence-electron chi connectivity index (χ4n) is 1.77. The van der Waals surface area contributed by atoms with E-state index in [0.29, 0.717) is 0 Å². The molecule has 2 heteroatoms. The van der Waals surface area contributed by atoms with Gasteiger partial charge in [0.25, 0.3) is 0 Å². The number of nitrogens with one attached hydrogen (secondary N) is 1. The third-order valence-electron chi connectivity index (χ3n) is 2.39. The second kappa shape index (κ2) is 3.46. The number of thiol groups is 1. The molecule has 0 radical (unpaired) electrons. The maximum absolute atomic E-state index is 4.27. The first-order valence-electron chi connectivity index (χ1n) is 4.50. The zero-order valence-electron chi connectivity index (χ0n) is 7.67. The molecule has 1 aromatic carbocycles. The summed E-state index contributed by atoms with van der Waals surface area (Å²) in [7, 11) is 0. The molecule has 13 heavy (non-hydrogen) atoms. The van der Waals surface area contributed by atoms with Crippen molar-refractivity contribution in [3.8, 4) is 0 Å². The van der Waals surface area contributed by atoms with Gasteiger partial charge in [-0.2, -0.15) is 12.6 Å². The van der Waals surface area contributed by atoms with Gasteiger partial charge in [0.1, 0.15) is 0 Å². The van der Waals surface area contributed by atoms with Crippen LogP contribution in [0.15, 0.2) is 24.3 Å². The van der Waals surface area contributed by atoms with Gasteiger partial charge in [-0.15, -0.1) is 0 Å². The predicted molar refractivity (Wildman–Crippen MR) is 60.6 cm³/mol. The highest BCUT2D eigenvalue weighted by Gasteiger charge is 2.05. The standard InChI is InChI=1S/C11H13NS/c1-8-9(6-7-13)10-4-2-3-5-11(10)12-8/h2-5,12-13H,6-7H2,1H3. The van der Waals surface area contributed by atoms with E-state index in [1.165, 1.54) is 22.2 Å². The molecule has 0 spiro atoms. The summed E-state index contributed by atoms with van der Waals surface area (Å²) in [5.41, 5.74) is 3.91. The highest BCUT2D eigenvalue weighted by molar-refractivity contribution is 7.80. The zero-order chi connectivity index (χ0) is 9.26. The van der Waals surface area contributed by atoms with E-state index >= 15 is 0 Å². The van der Waals surface area contributed by atoms with E-state index < -0.39 is 0 Å². The maximum atomic E-state index is 4.27. The number of H-pyrrole nitrogens is 1. The monoisotopic (exact) mass is 191 g/mol. The minimum absolute atomic E-state index is 0.905. The second-order valence-electron chi connectivity index (χ2n) is 3.25. The zero-order valence-corrected chi connectivity index (χ0v) is 8.57. The van der Waals surface area contributed by atoms with Gasteiger partial charge in [-0.05, 0) is 30.7 Å². The molecule has 0 bridgehead atoms. The molecular formula is C11H13NS. The van der Waals surface area contributed by atoms with E-state index in [4.69, 9.17) is 0 Å². The van der Waals surface area contributed by atoms with E-state index in [0.717, 1.165) is 12.2 Å². The molecule has 1 heterocycles. The van der Waals surface area contributed by atoms with Gasteiger partial charge in [0, 0.05) is 16.6 Å². The lowest BCUT2D eigenvalue weighted by Crippen LogP contribution is -1.86. The third-order valence-corrected chi connectivity index (χ3v) is 2.61. The molecule has 0 atom stereocenters. The Hall–Kier alpha value is -0.890. The van der Waals surface area contributed by atoms with Crippen LogP contribution in [0.3, 0.4) is 0 Å². The fourth-order valence-corrected chi connectivity index (χ4v) is 1.99. The molecular weight excluding hydrogens is 178 g/mol. The van der Waals surface area contributed by atoms with Crippen LogP contribution in [0, 0.1) is 6.92 Å². The molecule has 0 fully saturated rings. The van der Waals surface area contributed by atoms with Crippen molar-refractivity contribution in [2.75, 3.05) is 5.75 Å². The van der Waals surface area contributed by atoms with Crippen molar-refractivity contribution in [2.45, 2.75) is 13.3 Å². The Morgan fingerprint density at radius 1 is 1.31 bits per heavy atom. The summed E-state index contributed by atoms with van der Waals surface area (Å²) < 4.78 is 0. The van der Waals surface area contributed by atoms with E-state index in [-0.39, 0.29) is 0 Å². The smallest absolute Gasteiger partial charge is 0.0458 e. The van der Waals surface area contributed by atoms with Crippen molar-refractivity contribution in [1.82, 2.24) is 4.98 Å². The number of aromatic amines is 1. The Morgan fingerprint density at radius 3 is 2.85 bits per heavy atom. The minimum Gasteiger partial charge on any atom is -0.358 e. The Labute approximate surface area is 83.6 Å². The molecule has 0 unspecified atom stereocenters. The van der Waals surface area contributed by atoms with E-state index in [1.807, 2.05) is 0 Å². The molecule has 1 aromatic heterocycles. The van der Waals surface area contributed by atoms with Crippen LogP contribution >= 0.6 is 12.6 Å². The summed E-state index contributed by atoms with van der Waals surface area (Å²) in [6, 6.07) is 8.42. The molecule has 1 nitrogen and oxygen atoms in total. The maximum Gasteiger partial charge on any atom is 0.0458 e. The quantitative estimate of drug-likeness (QED) is 0.679. The van der Waals surface area contributed by atoms with Gasteiger partial charge in [-0.3, -0.25) is 0 Å². The number of hydrogen-bond acceptors (Lipinski definition) is 1. The first-order chi connectivity index (χ1) is 6.33. The molecule has 68 valence electrons. The molecule has 0 amide bonds. The van der Waals surface area contributed by atoms with Gasteiger partial charge in [0.2, 0.25) is 0 Å². The van der Waals surface area contributed by atoms with Crippen molar-refractivity contribution < 1.29 is 0 Å². The molecule has 1 N–H and O–H groups in total. The fraction of sp³-hybridized carbons (Fsp3) is 0.273. The Bertz CT molecular complexity index is 417. The summed E-state index contributed by atoms with van der Waals surface area (Å²) in [6.45, 7) is 2.12. The first kappa shape index (κ1) is 8.70. The van der Waals surface area contributed by atoms with Gasteiger partial charge in [0.05, 0.1) is 0 Å². The van der Waals surface area contributed by atoms with E-state index in [1.54, 1.807) is 0 Å². The lowest BCUT2D eigenvalue weighted by atomic mass is 10.1. The molecule has 0 aliphatic rings. The average Bonchev–Trinajstić information content (AvgIpc) is 2.44. The third kappa shape index (κ3) is 1.46. The van der Waals surface area contributed by atoms with Crippen LogP contribution < -0.4 is 0 Å². The lowest BCUT2D eigenvalue weighted by Gasteiger charge is -1.96. The molecule has 0 aliphatic carbocycles. The molecule has 0 saturated heterocycles. The van der Waals surface area contributed by atoms with Crippen molar-refractivity contribution in [3.63, 3.8) is 0 Å². The highest BCUT2D eigenvalue weighted by Crippen LogP contribution is 2.22. The van der Waals surface area contributed by atoms with Gasteiger partial charge < -0.3 is 4.98 Å². The summed E-state index contributed by atoms with van der Waals surface area (Å²) in [5.74, 6) is 0.905. The molecule has 2 aromatic rings. The number of fused-ring (bicyclic) bond motifs is 1. The largest absolute Gasteiger partial charge is 0.358 e. The van der Waals surface area contributed by atoms with Crippen LogP contribution in [0.25, 0.3) is 10.9 Å². The number of benzene rings is 1. The lowest BCUT2D eigenvalue weighted by molar-refractivity contribution is 1.13. The average molecular weight is 191 g/mol. The highest BCUT2D eigenvalue weighted by atomic mass is 32.1. The number of rotatable bonds is 2. The van der Waals surface area contributed by atoms with Gasteiger partial charge in [-0.25, -0.2) is 0 Å². The SMILES string of the molecule is Cc1[nH]c2ccccc2c1CCS. The predicted octanol–water partition coefficient (Wildman–Crippen LogP) is 2.95. The first-order valence-corrected chi connectivity index (χ1v) is 5.13. The summed E-state index contributed by atoms with van der Waals surface area (Å²) >= 11 is 4.27. The van der Waals surface area contributed by atoms with Gasteiger partial charge >= 0.3 is 0 Å². The van der Waals surface area contributed by atoms with Crippen molar-refractivity contribution in [2.24, 2.45) is 0 Å². The number of aromatic nitrogens is 1. The Morgan fingerprint density at radius 2 is 2.08 bits per heavy atom. The summed E-state index contributed by atoms with van der Waals surface area (Å²) in [5, 5.41) is 1.34. The number of aryl methyl sites for hydroxylation is 2. The van der Waals surface area contributed by atoms with Crippen LogP contribution in [-0.4, -0.2) is 10.7 Å². The number of hydrogen-bond donors (Lipinski definition) is 2. The number of para-hydroxylation sites is 1. The van der Waals surface area contributed by atoms with Crippen LogP contribution in [0.5, 0.6) is 0 Å². The second-order valence-corrected chi connectivity index (χ2v) is 3.69. The van der Waals surface area contributed by atoms with Gasteiger partial charge in [0.15, 0.2) is 0 Å². The van der Waals surface area contributed by atoms with Crippen molar-refractivity contribution in [3.05, 3.63) is 35.5 Å². The molecule has 2 rings (SSSR count). The topological polar surface area (TPSA) is 15.8 Å².